The molecule has 0 aliphatic rings. The fourth-order valence-electron chi connectivity index (χ4n) is 2.33. The predicted octanol–water partition coefficient (Wildman–Crippen LogP) is 1.34. The summed E-state index contributed by atoms with van der Waals surface area (Å²) >= 11 is 0. The first kappa shape index (κ1) is 17.1. The van der Waals surface area contributed by atoms with Crippen molar-refractivity contribution >= 4 is 23.4 Å². The molecular formula is C17H16N6O3. The number of aromatic nitrogens is 4. The first-order chi connectivity index (χ1) is 12.6. The van der Waals surface area contributed by atoms with Crippen LogP contribution in [0.25, 0.3) is 0 Å². The fourth-order valence-corrected chi connectivity index (χ4v) is 2.33. The van der Waals surface area contributed by atoms with Gasteiger partial charge in [0.05, 0.1) is 31.1 Å². The molecule has 0 radical (unpaired) electrons. The lowest BCUT2D eigenvalue weighted by Crippen LogP contribution is -2.16. The van der Waals surface area contributed by atoms with Crippen LogP contribution in [0.3, 0.4) is 0 Å². The molecule has 2 heterocycles. The molecule has 0 atom stereocenters. The number of nitrogen functional groups attached to an aromatic ring is 1. The Labute approximate surface area is 148 Å². The van der Waals surface area contributed by atoms with E-state index >= 15 is 0 Å². The summed E-state index contributed by atoms with van der Waals surface area (Å²) in [6.45, 7) is 0.425. The maximum Gasteiger partial charge on any atom is 0.337 e. The number of nitrogens with one attached hydrogen (secondary N) is 1. The number of ether oxygens (including phenoxy) is 1. The van der Waals surface area contributed by atoms with Gasteiger partial charge in [-0.1, -0.05) is 12.1 Å². The molecule has 3 N–H and O–H groups in total. The van der Waals surface area contributed by atoms with E-state index in [1.165, 1.54) is 25.7 Å². The summed E-state index contributed by atoms with van der Waals surface area (Å²) in [5, 5.41) is 6.86. The second-order valence-electron chi connectivity index (χ2n) is 5.36. The van der Waals surface area contributed by atoms with Crippen molar-refractivity contribution in [2.45, 2.75) is 6.54 Å². The molecule has 2 aromatic heterocycles. The van der Waals surface area contributed by atoms with E-state index in [-0.39, 0.29) is 11.5 Å². The number of methoxy groups -OCH3 is 1. The normalized spacial score (nSPS) is 10.3. The smallest absolute Gasteiger partial charge is 0.337 e. The average Bonchev–Trinajstić information content (AvgIpc) is 3.08. The van der Waals surface area contributed by atoms with Crippen molar-refractivity contribution in [1.29, 1.82) is 0 Å². The highest BCUT2D eigenvalue weighted by Crippen LogP contribution is 2.12. The number of nitrogens with two attached hydrogens (primary N) is 1. The number of benzene rings is 1. The quantitative estimate of drug-likeness (QED) is 0.664. The molecule has 9 heteroatoms. The minimum Gasteiger partial charge on any atom is -0.465 e. The van der Waals surface area contributed by atoms with Crippen LogP contribution in [0.4, 0.5) is 11.5 Å². The highest BCUT2D eigenvalue weighted by atomic mass is 16.5. The summed E-state index contributed by atoms with van der Waals surface area (Å²) in [5.74, 6) is -0.818. The Morgan fingerprint density at radius 1 is 1.27 bits per heavy atom. The molecule has 0 fully saturated rings. The molecular weight excluding hydrogens is 336 g/mol. The van der Waals surface area contributed by atoms with E-state index in [9.17, 15) is 9.59 Å². The van der Waals surface area contributed by atoms with E-state index in [0.29, 0.717) is 17.8 Å². The lowest BCUT2D eigenvalue weighted by Gasteiger charge is -2.05. The van der Waals surface area contributed by atoms with Gasteiger partial charge in [-0.3, -0.25) is 9.48 Å². The van der Waals surface area contributed by atoms with Gasteiger partial charge in [0.15, 0.2) is 11.5 Å². The predicted molar refractivity (Wildman–Crippen MR) is 93.5 cm³/mol. The van der Waals surface area contributed by atoms with Crippen LogP contribution in [0, 0.1) is 0 Å². The van der Waals surface area contributed by atoms with Crippen molar-refractivity contribution in [2.75, 3.05) is 18.2 Å². The third-order valence-electron chi connectivity index (χ3n) is 3.53. The number of carbonyl (C=O) groups excluding carboxylic acids is 2. The summed E-state index contributed by atoms with van der Waals surface area (Å²) in [6.07, 6.45) is 5.97. The number of nitrogens with zero attached hydrogens (tertiary/aromatic N) is 4. The van der Waals surface area contributed by atoms with Crippen molar-refractivity contribution in [3.05, 3.63) is 65.9 Å². The lowest BCUT2D eigenvalue weighted by atomic mass is 10.1. The Balaban J connectivity index is 1.70. The van der Waals surface area contributed by atoms with Gasteiger partial charge in [-0.15, -0.1) is 0 Å². The number of hydrogen-bond donors (Lipinski definition) is 2. The van der Waals surface area contributed by atoms with Crippen molar-refractivity contribution < 1.29 is 14.3 Å². The Kier molecular flexibility index (Phi) is 4.88. The van der Waals surface area contributed by atoms with Gasteiger partial charge >= 0.3 is 5.97 Å². The van der Waals surface area contributed by atoms with Gasteiger partial charge in [0.25, 0.3) is 5.91 Å². The SMILES string of the molecule is COC(=O)c1cccc(Cn2cc(NC(=O)c3nccnc3N)cn2)c1. The summed E-state index contributed by atoms with van der Waals surface area (Å²) in [5.41, 5.74) is 7.51. The van der Waals surface area contributed by atoms with Crippen LogP contribution in [-0.2, 0) is 11.3 Å². The molecule has 0 bridgehead atoms. The Morgan fingerprint density at radius 2 is 2.08 bits per heavy atom. The van der Waals surface area contributed by atoms with Crippen LogP contribution in [0.1, 0.15) is 26.4 Å². The minimum absolute atomic E-state index is 0.0472. The summed E-state index contributed by atoms with van der Waals surface area (Å²) in [7, 11) is 1.33. The van der Waals surface area contributed by atoms with Crippen molar-refractivity contribution in [3.63, 3.8) is 0 Å². The van der Waals surface area contributed by atoms with E-state index < -0.39 is 11.9 Å². The minimum atomic E-state index is -0.470. The monoisotopic (exact) mass is 352 g/mol. The van der Waals surface area contributed by atoms with Crippen LogP contribution < -0.4 is 11.1 Å². The van der Waals surface area contributed by atoms with Crippen LogP contribution in [-0.4, -0.2) is 38.7 Å². The molecule has 3 aromatic rings. The Bertz CT molecular complexity index is 953. The van der Waals surface area contributed by atoms with Gasteiger partial charge in [0.1, 0.15) is 0 Å². The van der Waals surface area contributed by atoms with Crippen LogP contribution in [0.15, 0.2) is 49.1 Å². The Morgan fingerprint density at radius 3 is 2.85 bits per heavy atom. The first-order valence-corrected chi connectivity index (χ1v) is 7.64. The van der Waals surface area contributed by atoms with Gasteiger partial charge < -0.3 is 15.8 Å². The molecule has 1 amide bonds. The van der Waals surface area contributed by atoms with Crippen molar-refractivity contribution in [2.24, 2.45) is 0 Å². The van der Waals surface area contributed by atoms with Gasteiger partial charge in [0.2, 0.25) is 0 Å². The zero-order valence-electron chi connectivity index (χ0n) is 13.9. The fraction of sp³-hybridized carbons (Fsp3) is 0.118. The lowest BCUT2D eigenvalue weighted by molar-refractivity contribution is 0.0600. The largest absolute Gasteiger partial charge is 0.465 e. The summed E-state index contributed by atoms with van der Waals surface area (Å²) < 4.78 is 6.34. The molecule has 132 valence electrons. The third-order valence-corrected chi connectivity index (χ3v) is 3.53. The molecule has 0 saturated heterocycles. The van der Waals surface area contributed by atoms with Gasteiger partial charge in [0, 0.05) is 18.6 Å². The molecule has 26 heavy (non-hydrogen) atoms. The van der Waals surface area contributed by atoms with Crippen LogP contribution in [0.5, 0.6) is 0 Å². The number of amides is 1. The summed E-state index contributed by atoms with van der Waals surface area (Å²) in [6, 6.07) is 7.04. The van der Waals surface area contributed by atoms with E-state index in [1.807, 2.05) is 6.07 Å². The molecule has 1 aromatic carbocycles. The number of esters is 1. The standard InChI is InChI=1S/C17H16N6O3/c1-26-17(25)12-4-2-3-11(7-12)9-23-10-13(8-21-23)22-16(24)14-15(18)20-6-5-19-14/h2-8,10H,9H2,1H3,(H2,18,20)(H,22,24). The third kappa shape index (κ3) is 3.83. The maximum absolute atomic E-state index is 12.2. The van der Waals surface area contributed by atoms with E-state index in [2.05, 4.69) is 20.4 Å². The molecule has 0 aliphatic carbocycles. The zero-order chi connectivity index (χ0) is 18.5. The van der Waals surface area contributed by atoms with Crippen molar-refractivity contribution in [1.82, 2.24) is 19.7 Å². The molecule has 9 nitrogen and oxygen atoms in total. The van der Waals surface area contributed by atoms with Crippen molar-refractivity contribution in [3.8, 4) is 0 Å². The van der Waals surface area contributed by atoms with Gasteiger partial charge in [-0.2, -0.15) is 5.10 Å². The topological polar surface area (TPSA) is 125 Å². The molecule has 0 unspecified atom stereocenters. The zero-order valence-corrected chi connectivity index (χ0v) is 13.9. The van der Waals surface area contributed by atoms with E-state index in [4.69, 9.17) is 10.5 Å². The first-order valence-electron chi connectivity index (χ1n) is 7.64. The second-order valence-corrected chi connectivity index (χ2v) is 5.36. The molecule has 0 saturated carbocycles. The maximum atomic E-state index is 12.2. The molecule has 0 spiro atoms. The highest BCUT2D eigenvalue weighted by molar-refractivity contribution is 6.05. The number of rotatable bonds is 5. The van der Waals surface area contributed by atoms with E-state index in [1.54, 1.807) is 29.1 Å². The van der Waals surface area contributed by atoms with E-state index in [0.717, 1.165) is 5.56 Å². The number of anilines is 2. The van der Waals surface area contributed by atoms with Crippen LogP contribution >= 0.6 is 0 Å². The molecule has 3 rings (SSSR count). The van der Waals surface area contributed by atoms with Gasteiger partial charge in [-0.05, 0) is 17.7 Å². The average molecular weight is 352 g/mol. The second kappa shape index (κ2) is 7.43. The molecule has 0 aliphatic heterocycles. The highest BCUT2D eigenvalue weighted by Gasteiger charge is 2.13. The number of carbonyl (C=O) groups is 2. The number of hydrogen-bond acceptors (Lipinski definition) is 7. The Hall–Kier alpha value is -3.75. The van der Waals surface area contributed by atoms with Crippen LogP contribution in [0.2, 0.25) is 0 Å². The summed E-state index contributed by atoms with van der Waals surface area (Å²) in [4.78, 5) is 31.5. The van der Waals surface area contributed by atoms with Gasteiger partial charge in [-0.25, -0.2) is 14.8 Å².